The van der Waals surface area contributed by atoms with Crippen LogP contribution in [-0.4, -0.2) is 16.5 Å². The van der Waals surface area contributed by atoms with Crippen molar-refractivity contribution in [2.24, 2.45) is 0 Å². The normalized spacial score (nSPS) is 13.8. The second-order valence-electron chi connectivity index (χ2n) is 4.43. The van der Waals surface area contributed by atoms with Gasteiger partial charge in [-0.05, 0) is 18.6 Å². The van der Waals surface area contributed by atoms with Gasteiger partial charge in [-0.1, -0.05) is 56.7 Å². The van der Waals surface area contributed by atoms with E-state index in [2.05, 4.69) is 12.8 Å². The number of hydrogen-bond acceptors (Lipinski definition) is 2. The molecule has 98 valence electrons. The van der Waals surface area contributed by atoms with Gasteiger partial charge in [-0.25, -0.2) is 0 Å². The molecular weight excluding hydrogens is 240 g/mol. The number of thioether (sulfide) groups is 1. The molecule has 0 saturated heterocycles. The Morgan fingerprint density at radius 2 is 1.94 bits per heavy atom. The number of aliphatic hydroxyl groups excluding tert-OH is 1. The van der Waals surface area contributed by atoms with Crippen molar-refractivity contribution in [3.63, 3.8) is 0 Å². The Morgan fingerprint density at radius 3 is 2.56 bits per heavy atom. The first-order chi connectivity index (χ1) is 8.77. The molecule has 0 heterocycles. The maximum Gasteiger partial charge on any atom is 0.0959 e. The minimum absolute atomic E-state index is 0.144. The molecule has 1 rings (SSSR count). The van der Waals surface area contributed by atoms with Crippen molar-refractivity contribution >= 4 is 11.8 Å². The topological polar surface area (TPSA) is 20.2 Å². The number of terminal acetylenes is 1. The lowest BCUT2D eigenvalue weighted by molar-refractivity contribution is 0.171. The lowest BCUT2D eigenvalue weighted by atomic mass is 10.1. The second-order valence-corrected chi connectivity index (χ2v) is 5.65. The smallest absolute Gasteiger partial charge is 0.0959 e. The molecule has 1 aromatic rings. The van der Waals surface area contributed by atoms with E-state index in [0.29, 0.717) is 0 Å². The Morgan fingerprint density at radius 1 is 1.22 bits per heavy atom. The number of benzene rings is 1. The molecule has 0 unspecified atom stereocenters. The van der Waals surface area contributed by atoms with Gasteiger partial charge in [0.05, 0.1) is 11.4 Å². The Bertz CT molecular complexity index is 355. The van der Waals surface area contributed by atoms with Crippen LogP contribution in [0.2, 0.25) is 0 Å². The van der Waals surface area contributed by atoms with Crippen LogP contribution in [0.15, 0.2) is 35.2 Å². The van der Waals surface area contributed by atoms with E-state index < -0.39 is 6.10 Å². The third kappa shape index (κ3) is 5.62. The lowest BCUT2D eigenvalue weighted by Gasteiger charge is -2.17. The van der Waals surface area contributed by atoms with E-state index in [1.807, 2.05) is 30.3 Å². The number of hydrogen-bond donors (Lipinski definition) is 1. The predicted octanol–water partition coefficient (Wildman–Crippen LogP) is 4.11. The third-order valence-electron chi connectivity index (χ3n) is 2.87. The summed E-state index contributed by atoms with van der Waals surface area (Å²) in [5.74, 6) is 2.70. The summed E-state index contributed by atoms with van der Waals surface area (Å²) in [6, 6.07) is 10.0. The standard InChI is InChI=1S/C16H22OS/c1-3-5-6-10-13-15(17)16(4-2)18-14-11-8-7-9-12-14/h2,7-9,11-12,15-17H,3,5-6,10,13H2,1H3/t15-,16+/m1/s1. The van der Waals surface area contributed by atoms with E-state index in [4.69, 9.17) is 6.42 Å². The first-order valence-corrected chi connectivity index (χ1v) is 7.51. The average Bonchev–Trinajstić information content (AvgIpc) is 2.42. The van der Waals surface area contributed by atoms with Gasteiger partial charge < -0.3 is 5.11 Å². The van der Waals surface area contributed by atoms with E-state index >= 15 is 0 Å². The van der Waals surface area contributed by atoms with Crippen LogP contribution >= 0.6 is 11.8 Å². The van der Waals surface area contributed by atoms with Crippen molar-refractivity contribution in [1.82, 2.24) is 0 Å². The second kappa shape index (κ2) is 9.08. The van der Waals surface area contributed by atoms with Crippen molar-refractivity contribution in [2.75, 3.05) is 0 Å². The highest BCUT2D eigenvalue weighted by Gasteiger charge is 2.17. The summed E-state index contributed by atoms with van der Waals surface area (Å²) in [4.78, 5) is 1.12. The van der Waals surface area contributed by atoms with E-state index in [0.717, 1.165) is 17.7 Å². The molecule has 1 aromatic carbocycles. The van der Waals surface area contributed by atoms with E-state index in [9.17, 15) is 5.11 Å². The summed E-state index contributed by atoms with van der Waals surface area (Å²) in [7, 11) is 0. The molecule has 0 saturated carbocycles. The van der Waals surface area contributed by atoms with E-state index in [-0.39, 0.29) is 5.25 Å². The van der Waals surface area contributed by atoms with Crippen molar-refractivity contribution in [3.05, 3.63) is 30.3 Å². The van der Waals surface area contributed by atoms with Gasteiger partial charge in [0.1, 0.15) is 0 Å². The lowest BCUT2D eigenvalue weighted by Crippen LogP contribution is -2.21. The first-order valence-electron chi connectivity index (χ1n) is 6.63. The minimum Gasteiger partial charge on any atom is -0.391 e. The molecule has 1 nitrogen and oxygen atoms in total. The van der Waals surface area contributed by atoms with Crippen LogP contribution in [0.4, 0.5) is 0 Å². The largest absolute Gasteiger partial charge is 0.391 e. The molecule has 0 aliphatic heterocycles. The molecule has 0 aliphatic carbocycles. The summed E-state index contributed by atoms with van der Waals surface area (Å²) >= 11 is 1.57. The molecule has 1 N–H and O–H groups in total. The molecule has 2 atom stereocenters. The molecule has 2 heteroatoms. The van der Waals surface area contributed by atoms with Crippen LogP contribution in [0.1, 0.15) is 39.0 Å². The summed E-state index contributed by atoms with van der Waals surface area (Å²) in [6.07, 6.45) is 10.6. The molecule has 18 heavy (non-hydrogen) atoms. The molecule has 0 spiro atoms. The number of aliphatic hydroxyl groups is 1. The van der Waals surface area contributed by atoms with Crippen molar-refractivity contribution in [3.8, 4) is 12.3 Å². The zero-order valence-electron chi connectivity index (χ0n) is 11.0. The van der Waals surface area contributed by atoms with E-state index in [1.165, 1.54) is 19.3 Å². The van der Waals surface area contributed by atoms with Crippen LogP contribution in [-0.2, 0) is 0 Å². The predicted molar refractivity (Wildman–Crippen MR) is 79.7 cm³/mol. The van der Waals surface area contributed by atoms with Crippen LogP contribution < -0.4 is 0 Å². The molecule has 0 aromatic heterocycles. The average molecular weight is 262 g/mol. The highest BCUT2D eigenvalue weighted by molar-refractivity contribution is 8.00. The van der Waals surface area contributed by atoms with Crippen molar-refractivity contribution < 1.29 is 5.11 Å². The maximum absolute atomic E-state index is 10.1. The molecule has 0 fully saturated rings. The summed E-state index contributed by atoms with van der Waals surface area (Å²) < 4.78 is 0. The van der Waals surface area contributed by atoms with Gasteiger partial charge in [0, 0.05) is 4.90 Å². The van der Waals surface area contributed by atoms with Crippen LogP contribution in [0, 0.1) is 12.3 Å². The van der Waals surface area contributed by atoms with Gasteiger partial charge in [0.15, 0.2) is 0 Å². The summed E-state index contributed by atoms with van der Waals surface area (Å²) in [5.41, 5.74) is 0. The van der Waals surface area contributed by atoms with Gasteiger partial charge in [0.25, 0.3) is 0 Å². The maximum atomic E-state index is 10.1. The number of unbranched alkanes of at least 4 members (excludes halogenated alkanes) is 3. The Labute approximate surface area is 115 Å². The monoisotopic (exact) mass is 262 g/mol. The van der Waals surface area contributed by atoms with Gasteiger partial charge in [-0.2, -0.15) is 0 Å². The Kier molecular flexibility index (Phi) is 7.64. The van der Waals surface area contributed by atoms with Gasteiger partial charge in [-0.3, -0.25) is 0 Å². The Balaban J connectivity index is 2.38. The highest BCUT2D eigenvalue weighted by atomic mass is 32.2. The van der Waals surface area contributed by atoms with Gasteiger partial charge >= 0.3 is 0 Å². The highest BCUT2D eigenvalue weighted by Crippen LogP contribution is 2.26. The fourth-order valence-electron chi connectivity index (χ4n) is 1.80. The van der Waals surface area contributed by atoms with E-state index in [1.54, 1.807) is 11.8 Å². The fraction of sp³-hybridized carbons (Fsp3) is 0.500. The molecule has 0 amide bonds. The van der Waals surface area contributed by atoms with Crippen LogP contribution in [0.5, 0.6) is 0 Å². The third-order valence-corrected chi connectivity index (χ3v) is 4.12. The molecular formula is C16H22OS. The molecule has 0 bridgehead atoms. The van der Waals surface area contributed by atoms with Crippen LogP contribution in [0.25, 0.3) is 0 Å². The minimum atomic E-state index is -0.405. The van der Waals surface area contributed by atoms with Gasteiger partial charge in [-0.15, -0.1) is 18.2 Å². The molecule has 0 aliphatic rings. The Hall–Kier alpha value is -0.910. The number of rotatable bonds is 8. The summed E-state index contributed by atoms with van der Waals surface area (Å²) in [5, 5.41) is 9.96. The summed E-state index contributed by atoms with van der Waals surface area (Å²) in [6.45, 7) is 2.19. The molecule has 0 radical (unpaired) electrons. The van der Waals surface area contributed by atoms with Gasteiger partial charge in [0.2, 0.25) is 0 Å². The SMILES string of the molecule is C#C[C@H](Sc1ccccc1)[C@H](O)CCCCCC. The first kappa shape index (κ1) is 15.1. The van der Waals surface area contributed by atoms with Crippen molar-refractivity contribution in [2.45, 2.75) is 55.3 Å². The quantitative estimate of drug-likeness (QED) is 0.432. The van der Waals surface area contributed by atoms with Crippen LogP contribution in [0.3, 0.4) is 0 Å². The zero-order chi connectivity index (χ0) is 13.2. The zero-order valence-corrected chi connectivity index (χ0v) is 11.8. The van der Waals surface area contributed by atoms with Crippen molar-refractivity contribution in [1.29, 1.82) is 0 Å². The fourth-order valence-corrected chi connectivity index (χ4v) is 2.77.